The third kappa shape index (κ3) is 6.84. The van der Waals surface area contributed by atoms with E-state index in [1.54, 1.807) is 12.1 Å². The molecule has 1 aliphatic heterocycles. The van der Waals surface area contributed by atoms with E-state index in [1.165, 1.54) is 6.92 Å². The van der Waals surface area contributed by atoms with Crippen molar-refractivity contribution < 1.29 is 9.59 Å². The molecule has 0 radical (unpaired) electrons. The van der Waals surface area contributed by atoms with Gasteiger partial charge in [-0.15, -0.1) is 12.4 Å². The molecule has 5 nitrogen and oxygen atoms in total. The number of nitrogens with one attached hydrogen (secondary N) is 2. The van der Waals surface area contributed by atoms with Crippen LogP contribution in [0.15, 0.2) is 24.3 Å². The van der Waals surface area contributed by atoms with Crippen LogP contribution in [0.2, 0.25) is 5.02 Å². The van der Waals surface area contributed by atoms with Crippen molar-refractivity contribution >= 4 is 35.8 Å². The molecule has 1 fully saturated rings. The lowest BCUT2D eigenvalue weighted by atomic mass is 9.96. The van der Waals surface area contributed by atoms with Crippen molar-refractivity contribution in [1.29, 1.82) is 0 Å². The largest absolute Gasteiger partial charge is 0.349 e. The number of rotatable bonds is 6. The standard InChI is InChI=1S/C18H26ClN3O2.ClH/c1-13(23)21-17(15-3-5-16(19)6-4-15)11-18(24)22-9-7-14(8-10-22)12-20-2;/h3-6,14,17,20H,7-12H2,1-2H3,(H,21,23);1H. The van der Waals surface area contributed by atoms with Gasteiger partial charge in [-0.3, -0.25) is 9.59 Å². The third-order valence-corrected chi connectivity index (χ3v) is 4.74. The molecular weight excluding hydrogens is 361 g/mol. The highest BCUT2D eigenvalue weighted by atomic mass is 35.5. The van der Waals surface area contributed by atoms with Crippen LogP contribution in [0.4, 0.5) is 0 Å². The summed E-state index contributed by atoms with van der Waals surface area (Å²) in [6.07, 6.45) is 2.33. The molecule has 2 N–H and O–H groups in total. The average molecular weight is 388 g/mol. The fourth-order valence-electron chi connectivity index (χ4n) is 3.17. The molecule has 140 valence electrons. The van der Waals surface area contributed by atoms with Gasteiger partial charge in [0.15, 0.2) is 0 Å². The molecule has 0 bridgehead atoms. The lowest BCUT2D eigenvalue weighted by Crippen LogP contribution is -2.42. The number of benzene rings is 1. The number of piperidine rings is 1. The number of nitrogens with zero attached hydrogens (tertiary/aromatic N) is 1. The van der Waals surface area contributed by atoms with Gasteiger partial charge in [0.2, 0.25) is 11.8 Å². The van der Waals surface area contributed by atoms with E-state index in [4.69, 9.17) is 11.6 Å². The average Bonchev–Trinajstić information content (AvgIpc) is 2.55. The van der Waals surface area contributed by atoms with Gasteiger partial charge in [0.25, 0.3) is 0 Å². The fraction of sp³-hybridized carbons (Fsp3) is 0.556. The summed E-state index contributed by atoms with van der Waals surface area (Å²) in [6, 6.07) is 6.95. The van der Waals surface area contributed by atoms with E-state index in [1.807, 2.05) is 24.1 Å². The highest BCUT2D eigenvalue weighted by Crippen LogP contribution is 2.23. The van der Waals surface area contributed by atoms with Gasteiger partial charge in [-0.2, -0.15) is 0 Å². The predicted octanol–water partition coefficient (Wildman–Crippen LogP) is 2.79. The fourth-order valence-corrected chi connectivity index (χ4v) is 3.30. The molecule has 1 saturated heterocycles. The SMILES string of the molecule is CNCC1CCN(C(=O)CC(NC(C)=O)c2ccc(Cl)cc2)CC1.Cl. The van der Waals surface area contributed by atoms with Crippen LogP contribution < -0.4 is 10.6 Å². The van der Waals surface area contributed by atoms with Crippen molar-refractivity contribution in [3.63, 3.8) is 0 Å². The topological polar surface area (TPSA) is 61.4 Å². The Morgan fingerprint density at radius 3 is 2.36 bits per heavy atom. The number of hydrogen-bond donors (Lipinski definition) is 2. The van der Waals surface area contributed by atoms with Gasteiger partial charge in [-0.1, -0.05) is 23.7 Å². The molecule has 2 rings (SSSR count). The van der Waals surface area contributed by atoms with Gasteiger partial charge < -0.3 is 15.5 Å². The lowest BCUT2D eigenvalue weighted by Gasteiger charge is -2.33. The van der Waals surface area contributed by atoms with Crippen LogP contribution in [0.5, 0.6) is 0 Å². The predicted molar refractivity (Wildman–Crippen MR) is 103 cm³/mol. The first kappa shape index (κ1) is 21.7. The van der Waals surface area contributed by atoms with Crippen molar-refractivity contribution in [2.75, 3.05) is 26.7 Å². The van der Waals surface area contributed by atoms with Crippen molar-refractivity contribution in [2.45, 2.75) is 32.2 Å². The monoisotopic (exact) mass is 387 g/mol. The summed E-state index contributed by atoms with van der Waals surface area (Å²) in [5.74, 6) is 0.587. The summed E-state index contributed by atoms with van der Waals surface area (Å²) >= 11 is 5.92. The second-order valence-corrected chi connectivity index (χ2v) is 6.83. The van der Waals surface area contributed by atoms with Crippen LogP contribution in [-0.2, 0) is 9.59 Å². The summed E-state index contributed by atoms with van der Waals surface area (Å²) in [4.78, 5) is 26.0. The molecule has 1 unspecified atom stereocenters. The van der Waals surface area contributed by atoms with E-state index in [9.17, 15) is 9.59 Å². The highest BCUT2D eigenvalue weighted by molar-refractivity contribution is 6.30. The zero-order valence-electron chi connectivity index (χ0n) is 14.8. The third-order valence-electron chi connectivity index (χ3n) is 4.49. The number of halogens is 2. The Morgan fingerprint density at radius 1 is 1.24 bits per heavy atom. The maximum absolute atomic E-state index is 12.6. The van der Waals surface area contributed by atoms with E-state index in [-0.39, 0.29) is 36.7 Å². The molecule has 0 spiro atoms. The minimum absolute atomic E-state index is 0. The van der Waals surface area contributed by atoms with E-state index < -0.39 is 0 Å². The molecule has 1 aliphatic rings. The molecule has 0 saturated carbocycles. The van der Waals surface area contributed by atoms with E-state index in [0.717, 1.165) is 38.0 Å². The number of carbonyl (C=O) groups is 2. The molecule has 1 atom stereocenters. The Hall–Kier alpha value is -1.30. The van der Waals surface area contributed by atoms with Gasteiger partial charge >= 0.3 is 0 Å². The Morgan fingerprint density at radius 2 is 1.84 bits per heavy atom. The van der Waals surface area contributed by atoms with Crippen LogP contribution in [0.1, 0.15) is 37.8 Å². The Balaban J connectivity index is 0.00000312. The number of likely N-dealkylation sites (tertiary alicyclic amines) is 1. The normalized spacial score (nSPS) is 16.0. The second kappa shape index (κ2) is 10.6. The van der Waals surface area contributed by atoms with E-state index >= 15 is 0 Å². The Bertz CT molecular complexity index is 558. The minimum atomic E-state index is -0.317. The van der Waals surface area contributed by atoms with Crippen molar-refractivity contribution in [3.8, 4) is 0 Å². The van der Waals surface area contributed by atoms with Gasteiger partial charge in [0.1, 0.15) is 0 Å². The second-order valence-electron chi connectivity index (χ2n) is 6.39. The molecule has 1 aromatic carbocycles. The lowest BCUT2D eigenvalue weighted by molar-refractivity contribution is -0.133. The smallest absolute Gasteiger partial charge is 0.224 e. The molecule has 2 amide bonds. The summed E-state index contributed by atoms with van der Waals surface area (Å²) in [5, 5.41) is 6.71. The van der Waals surface area contributed by atoms with Crippen LogP contribution >= 0.6 is 24.0 Å². The summed E-state index contributed by atoms with van der Waals surface area (Å²) < 4.78 is 0. The van der Waals surface area contributed by atoms with Crippen LogP contribution in [0, 0.1) is 5.92 Å². The quantitative estimate of drug-likeness (QED) is 0.788. The molecule has 25 heavy (non-hydrogen) atoms. The first-order valence-corrected chi connectivity index (χ1v) is 8.82. The molecule has 1 aromatic rings. The van der Waals surface area contributed by atoms with Crippen LogP contribution in [-0.4, -0.2) is 43.4 Å². The maximum atomic E-state index is 12.6. The van der Waals surface area contributed by atoms with E-state index in [0.29, 0.717) is 10.9 Å². The molecule has 1 heterocycles. The molecule has 7 heteroatoms. The number of hydrogen-bond acceptors (Lipinski definition) is 3. The van der Waals surface area contributed by atoms with Gasteiger partial charge in [-0.25, -0.2) is 0 Å². The molecule has 0 aliphatic carbocycles. The van der Waals surface area contributed by atoms with Crippen molar-refractivity contribution in [3.05, 3.63) is 34.9 Å². The van der Waals surface area contributed by atoms with Gasteiger partial charge in [0, 0.05) is 25.0 Å². The Kier molecular flexibility index (Phi) is 9.25. The van der Waals surface area contributed by atoms with E-state index in [2.05, 4.69) is 10.6 Å². The molecular formula is C18H27Cl2N3O2. The first-order valence-electron chi connectivity index (χ1n) is 8.44. The zero-order valence-corrected chi connectivity index (χ0v) is 16.3. The molecule has 0 aromatic heterocycles. The van der Waals surface area contributed by atoms with Crippen molar-refractivity contribution in [1.82, 2.24) is 15.5 Å². The summed E-state index contributed by atoms with van der Waals surface area (Å²) in [7, 11) is 1.96. The first-order chi connectivity index (χ1) is 11.5. The summed E-state index contributed by atoms with van der Waals surface area (Å²) in [6.45, 7) is 4.05. The van der Waals surface area contributed by atoms with Crippen LogP contribution in [0.3, 0.4) is 0 Å². The number of amides is 2. The van der Waals surface area contributed by atoms with Gasteiger partial charge in [0.05, 0.1) is 12.5 Å². The van der Waals surface area contributed by atoms with Crippen molar-refractivity contribution in [2.24, 2.45) is 5.92 Å². The minimum Gasteiger partial charge on any atom is -0.349 e. The maximum Gasteiger partial charge on any atom is 0.224 e. The Labute approximate surface area is 160 Å². The number of carbonyl (C=O) groups excluding carboxylic acids is 2. The highest BCUT2D eigenvalue weighted by Gasteiger charge is 2.25. The zero-order chi connectivity index (χ0) is 17.5. The van der Waals surface area contributed by atoms with Gasteiger partial charge in [-0.05, 0) is 50.0 Å². The van der Waals surface area contributed by atoms with Crippen LogP contribution in [0.25, 0.3) is 0 Å². The summed E-state index contributed by atoms with van der Waals surface area (Å²) in [5.41, 5.74) is 0.896.